The van der Waals surface area contributed by atoms with Gasteiger partial charge in [-0.15, -0.1) is 0 Å². The summed E-state index contributed by atoms with van der Waals surface area (Å²) in [4.78, 5) is 26.8. The molecule has 1 saturated heterocycles. The molecule has 0 unspecified atom stereocenters. The molecule has 1 aliphatic heterocycles. The Balaban J connectivity index is 1.52. The number of thiocarbonyl (C=S) groups is 1. The quantitative estimate of drug-likeness (QED) is 0.366. The predicted octanol–water partition coefficient (Wildman–Crippen LogP) is 6.61. The van der Waals surface area contributed by atoms with Crippen LogP contribution in [0, 0.1) is 5.92 Å². The van der Waals surface area contributed by atoms with Crippen LogP contribution in [0.5, 0.6) is 0 Å². The van der Waals surface area contributed by atoms with Crippen LogP contribution in [0.1, 0.15) is 43.2 Å². The predicted molar refractivity (Wildman–Crippen MR) is 130 cm³/mol. The molecule has 2 aliphatic rings. The van der Waals surface area contributed by atoms with Crippen molar-refractivity contribution in [1.82, 2.24) is 4.90 Å². The van der Waals surface area contributed by atoms with Crippen molar-refractivity contribution in [3.05, 3.63) is 64.6 Å². The number of benzene rings is 2. The highest BCUT2D eigenvalue weighted by Gasteiger charge is 2.44. The van der Waals surface area contributed by atoms with E-state index in [0.717, 1.165) is 61.6 Å². The first-order valence-electron chi connectivity index (χ1n) is 10.9. The Bertz CT molecular complexity index is 1120. The van der Waals surface area contributed by atoms with Gasteiger partial charge in [-0.3, -0.25) is 9.69 Å². The fourth-order valence-electron chi connectivity index (χ4n) is 4.47. The zero-order valence-electron chi connectivity index (χ0n) is 18.0. The Morgan fingerprint density at radius 3 is 2.12 bits per heavy atom. The van der Waals surface area contributed by atoms with Gasteiger partial charge in [-0.2, -0.15) is 13.2 Å². The first-order valence-corrected chi connectivity index (χ1v) is 12.1. The molecular weight excluding hydrogens is 483 g/mol. The standard InChI is InChI=1S/C25H22F3NO3S2/c26-25(27,28)19-12-10-17(11-13-19)16-8-6-15(7-9-16)14-20-22(30)29(24(33)34-20)21(23(31)32)18-4-2-1-3-5-18/h6-14,18,21H,1-5H2,(H,31,32)/b20-14-/t21-/m0/s1. The molecule has 2 fully saturated rings. The third kappa shape index (κ3) is 5.20. The smallest absolute Gasteiger partial charge is 0.416 e. The monoisotopic (exact) mass is 505 g/mol. The molecule has 34 heavy (non-hydrogen) atoms. The van der Waals surface area contributed by atoms with Gasteiger partial charge >= 0.3 is 12.1 Å². The molecule has 1 aliphatic carbocycles. The summed E-state index contributed by atoms with van der Waals surface area (Å²) in [6.45, 7) is 0. The molecule has 4 rings (SSSR count). The third-order valence-electron chi connectivity index (χ3n) is 6.21. The van der Waals surface area contributed by atoms with Gasteiger partial charge in [-0.05, 0) is 53.7 Å². The maximum absolute atomic E-state index is 13.1. The largest absolute Gasteiger partial charge is 0.480 e. The lowest BCUT2D eigenvalue weighted by molar-refractivity contribution is -0.147. The van der Waals surface area contributed by atoms with Crippen LogP contribution in [0.25, 0.3) is 17.2 Å². The fourth-order valence-corrected chi connectivity index (χ4v) is 5.80. The lowest BCUT2D eigenvalue weighted by atomic mass is 9.83. The van der Waals surface area contributed by atoms with Gasteiger partial charge in [-0.1, -0.05) is 79.6 Å². The number of hydrogen-bond donors (Lipinski definition) is 1. The lowest BCUT2D eigenvalue weighted by Crippen LogP contribution is -2.48. The average molecular weight is 506 g/mol. The van der Waals surface area contributed by atoms with E-state index in [9.17, 15) is 27.9 Å². The zero-order chi connectivity index (χ0) is 24.5. The highest BCUT2D eigenvalue weighted by molar-refractivity contribution is 8.26. The second-order valence-corrected chi connectivity index (χ2v) is 10.1. The van der Waals surface area contributed by atoms with Crippen molar-refractivity contribution in [3.8, 4) is 11.1 Å². The number of carbonyl (C=O) groups excluding carboxylic acids is 1. The minimum atomic E-state index is -4.38. The average Bonchev–Trinajstić information content (AvgIpc) is 3.07. The van der Waals surface area contributed by atoms with E-state index in [1.54, 1.807) is 30.3 Å². The highest BCUT2D eigenvalue weighted by Crippen LogP contribution is 2.39. The van der Waals surface area contributed by atoms with Gasteiger partial charge < -0.3 is 5.11 Å². The highest BCUT2D eigenvalue weighted by atomic mass is 32.2. The minimum absolute atomic E-state index is 0.115. The van der Waals surface area contributed by atoms with Crippen molar-refractivity contribution in [2.75, 3.05) is 0 Å². The van der Waals surface area contributed by atoms with Crippen LogP contribution in [0.2, 0.25) is 0 Å². The van der Waals surface area contributed by atoms with Crippen LogP contribution in [0.3, 0.4) is 0 Å². The van der Waals surface area contributed by atoms with Crippen molar-refractivity contribution in [2.24, 2.45) is 5.92 Å². The molecule has 1 heterocycles. The van der Waals surface area contributed by atoms with Crippen LogP contribution in [-0.2, 0) is 15.8 Å². The van der Waals surface area contributed by atoms with Gasteiger partial charge in [0.25, 0.3) is 5.91 Å². The number of amides is 1. The van der Waals surface area contributed by atoms with E-state index in [-0.39, 0.29) is 10.2 Å². The van der Waals surface area contributed by atoms with E-state index >= 15 is 0 Å². The number of nitrogens with zero attached hydrogens (tertiary/aromatic N) is 1. The summed E-state index contributed by atoms with van der Waals surface area (Å²) >= 11 is 6.47. The summed E-state index contributed by atoms with van der Waals surface area (Å²) in [5.74, 6) is -1.55. The van der Waals surface area contributed by atoms with E-state index in [4.69, 9.17) is 12.2 Å². The van der Waals surface area contributed by atoms with Crippen LogP contribution in [0.15, 0.2) is 53.4 Å². The Labute approximate surface area is 204 Å². The fraction of sp³-hybridized carbons (Fsp3) is 0.320. The summed E-state index contributed by atoms with van der Waals surface area (Å²) in [6.07, 6.45) is 1.77. The Kier molecular flexibility index (Phi) is 7.14. The molecule has 2 aromatic carbocycles. The van der Waals surface area contributed by atoms with Crippen molar-refractivity contribution in [1.29, 1.82) is 0 Å². The number of carboxylic acids is 1. The number of rotatable bonds is 5. The van der Waals surface area contributed by atoms with E-state index in [1.807, 2.05) is 0 Å². The maximum atomic E-state index is 13.1. The van der Waals surface area contributed by atoms with Crippen molar-refractivity contribution >= 4 is 46.3 Å². The molecule has 1 amide bonds. The number of alkyl halides is 3. The second-order valence-electron chi connectivity index (χ2n) is 8.43. The van der Waals surface area contributed by atoms with E-state index in [2.05, 4.69) is 0 Å². The van der Waals surface area contributed by atoms with Crippen molar-refractivity contribution in [3.63, 3.8) is 0 Å². The molecule has 1 atom stereocenters. The Hall–Kier alpha value is -2.65. The number of carbonyl (C=O) groups is 2. The topological polar surface area (TPSA) is 57.6 Å². The first kappa shape index (κ1) is 24.5. The number of halogens is 3. The van der Waals surface area contributed by atoms with E-state index in [0.29, 0.717) is 16.0 Å². The second kappa shape index (κ2) is 9.92. The number of thioether (sulfide) groups is 1. The maximum Gasteiger partial charge on any atom is 0.416 e. The molecule has 0 aromatic heterocycles. The molecule has 0 spiro atoms. The molecule has 4 nitrogen and oxygen atoms in total. The molecule has 0 radical (unpaired) electrons. The van der Waals surface area contributed by atoms with Gasteiger partial charge in [0.05, 0.1) is 10.5 Å². The Morgan fingerprint density at radius 1 is 1.03 bits per heavy atom. The van der Waals surface area contributed by atoms with Gasteiger partial charge in [0.1, 0.15) is 10.4 Å². The third-order valence-corrected chi connectivity index (χ3v) is 7.54. The molecule has 178 valence electrons. The summed E-state index contributed by atoms with van der Waals surface area (Å²) in [5, 5.41) is 9.85. The first-order chi connectivity index (χ1) is 16.1. The molecule has 9 heteroatoms. The summed E-state index contributed by atoms with van der Waals surface area (Å²) in [6, 6.07) is 11.0. The van der Waals surface area contributed by atoms with Crippen LogP contribution in [-0.4, -0.2) is 32.2 Å². The van der Waals surface area contributed by atoms with Gasteiger partial charge in [0.15, 0.2) is 0 Å². The number of hydrogen-bond acceptors (Lipinski definition) is 4. The van der Waals surface area contributed by atoms with Gasteiger partial charge in [0.2, 0.25) is 0 Å². The SMILES string of the molecule is O=C(O)[C@H](C1CCCCC1)N1C(=O)/C(=C/c2ccc(-c3ccc(C(F)(F)F)cc3)cc2)SC1=S. The van der Waals surface area contributed by atoms with Crippen LogP contribution >= 0.6 is 24.0 Å². The zero-order valence-corrected chi connectivity index (χ0v) is 19.7. The molecule has 1 N–H and O–H groups in total. The molecular formula is C25H22F3NO3S2. The molecule has 2 aromatic rings. The van der Waals surface area contributed by atoms with Crippen molar-refractivity contribution in [2.45, 2.75) is 44.3 Å². The number of carboxylic acid groups (broad SMARTS) is 1. The Morgan fingerprint density at radius 2 is 1.59 bits per heavy atom. The molecule has 1 saturated carbocycles. The lowest BCUT2D eigenvalue weighted by Gasteiger charge is -2.32. The summed E-state index contributed by atoms with van der Waals surface area (Å²) < 4.78 is 38.6. The summed E-state index contributed by atoms with van der Waals surface area (Å²) in [5.41, 5.74) is 1.38. The van der Waals surface area contributed by atoms with E-state index < -0.39 is 29.7 Å². The molecule has 0 bridgehead atoms. The normalized spacial score (nSPS) is 19.6. The van der Waals surface area contributed by atoms with Crippen LogP contribution < -0.4 is 0 Å². The number of aliphatic carboxylic acids is 1. The van der Waals surface area contributed by atoms with Crippen LogP contribution in [0.4, 0.5) is 13.2 Å². The van der Waals surface area contributed by atoms with E-state index in [1.165, 1.54) is 17.0 Å². The van der Waals surface area contributed by atoms with Gasteiger partial charge in [-0.25, -0.2) is 4.79 Å². The van der Waals surface area contributed by atoms with Gasteiger partial charge in [0, 0.05) is 0 Å². The summed E-state index contributed by atoms with van der Waals surface area (Å²) in [7, 11) is 0. The minimum Gasteiger partial charge on any atom is -0.480 e. The van der Waals surface area contributed by atoms with Crippen molar-refractivity contribution < 1.29 is 27.9 Å².